The first kappa shape index (κ1) is 12.9. The van der Waals surface area contributed by atoms with E-state index in [1.165, 1.54) is 0 Å². The van der Waals surface area contributed by atoms with Crippen LogP contribution in [-0.4, -0.2) is 43.7 Å². The van der Waals surface area contributed by atoms with Gasteiger partial charge in [0.2, 0.25) is 0 Å². The van der Waals surface area contributed by atoms with Crippen LogP contribution in [0.3, 0.4) is 0 Å². The second-order valence-corrected chi connectivity index (χ2v) is 5.75. The van der Waals surface area contributed by atoms with Gasteiger partial charge in [0.1, 0.15) is 0 Å². The summed E-state index contributed by atoms with van der Waals surface area (Å²) in [5.41, 5.74) is 0. The highest BCUT2D eigenvalue weighted by Crippen LogP contribution is 1.95. The monoisotopic (exact) mass is 209 g/mol. The van der Waals surface area contributed by atoms with Crippen molar-refractivity contribution in [3.8, 4) is 0 Å². The van der Waals surface area contributed by atoms with E-state index in [1.54, 1.807) is 13.8 Å². The number of nitrogens with one attached hydrogen (secondary N) is 1. The summed E-state index contributed by atoms with van der Waals surface area (Å²) < 4.78 is 22.4. The van der Waals surface area contributed by atoms with Gasteiger partial charge < -0.3 is 10.4 Å². The van der Waals surface area contributed by atoms with E-state index < -0.39 is 9.84 Å². The van der Waals surface area contributed by atoms with Gasteiger partial charge in [0.05, 0.1) is 12.4 Å². The maximum atomic E-state index is 11.2. The van der Waals surface area contributed by atoms with Crippen LogP contribution in [0.1, 0.15) is 20.8 Å². The van der Waals surface area contributed by atoms with Gasteiger partial charge in [0.25, 0.3) is 0 Å². The topological polar surface area (TPSA) is 66.4 Å². The molecule has 0 spiro atoms. The summed E-state index contributed by atoms with van der Waals surface area (Å²) in [6, 6.07) is -0.158. The molecule has 13 heavy (non-hydrogen) atoms. The second kappa shape index (κ2) is 5.57. The first-order valence-electron chi connectivity index (χ1n) is 4.48. The lowest BCUT2D eigenvalue weighted by Gasteiger charge is -2.17. The highest BCUT2D eigenvalue weighted by molar-refractivity contribution is 7.91. The highest BCUT2D eigenvalue weighted by Gasteiger charge is 2.14. The molecule has 0 bridgehead atoms. The SMILES string of the molecule is CCS(=O)(=O)CC(C)N[C@H](C)CO. The first-order chi connectivity index (χ1) is 5.91. The highest BCUT2D eigenvalue weighted by atomic mass is 32.2. The van der Waals surface area contributed by atoms with E-state index in [4.69, 9.17) is 5.11 Å². The number of hydrogen-bond donors (Lipinski definition) is 2. The van der Waals surface area contributed by atoms with Crippen LogP contribution in [0.15, 0.2) is 0 Å². The van der Waals surface area contributed by atoms with E-state index in [1.807, 2.05) is 6.92 Å². The first-order valence-corrected chi connectivity index (χ1v) is 6.30. The molecule has 2 atom stereocenters. The summed E-state index contributed by atoms with van der Waals surface area (Å²) in [6.45, 7) is 5.28. The molecule has 0 aliphatic heterocycles. The molecule has 0 aliphatic carbocycles. The van der Waals surface area contributed by atoms with Gasteiger partial charge in [-0.3, -0.25) is 0 Å². The Bertz CT molecular complexity index is 226. The lowest BCUT2D eigenvalue weighted by Crippen LogP contribution is -2.41. The summed E-state index contributed by atoms with van der Waals surface area (Å²) in [6.07, 6.45) is 0. The summed E-state index contributed by atoms with van der Waals surface area (Å²) in [5.74, 6) is 0.306. The lowest BCUT2D eigenvalue weighted by molar-refractivity contribution is 0.245. The average molecular weight is 209 g/mol. The van der Waals surface area contributed by atoms with Crippen molar-refractivity contribution in [2.75, 3.05) is 18.1 Å². The Morgan fingerprint density at radius 2 is 1.85 bits per heavy atom. The number of aliphatic hydroxyl groups is 1. The maximum Gasteiger partial charge on any atom is 0.151 e. The Morgan fingerprint density at radius 1 is 1.31 bits per heavy atom. The van der Waals surface area contributed by atoms with E-state index >= 15 is 0 Å². The van der Waals surface area contributed by atoms with Gasteiger partial charge in [-0.2, -0.15) is 0 Å². The Hall–Kier alpha value is -0.130. The molecule has 1 unspecified atom stereocenters. The molecule has 0 aromatic carbocycles. The van der Waals surface area contributed by atoms with Crippen molar-refractivity contribution in [2.24, 2.45) is 0 Å². The molecule has 4 nitrogen and oxygen atoms in total. The van der Waals surface area contributed by atoms with Crippen LogP contribution in [0.2, 0.25) is 0 Å². The quantitative estimate of drug-likeness (QED) is 0.635. The zero-order chi connectivity index (χ0) is 10.5. The van der Waals surface area contributed by atoms with Crippen LogP contribution in [0, 0.1) is 0 Å². The van der Waals surface area contributed by atoms with E-state index in [0.717, 1.165) is 0 Å². The molecule has 0 aromatic heterocycles. The zero-order valence-electron chi connectivity index (χ0n) is 8.45. The maximum absolute atomic E-state index is 11.2. The molecule has 0 aliphatic rings. The molecule has 0 saturated carbocycles. The molecule has 80 valence electrons. The van der Waals surface area contributed by atoms with Crippen molar-refractivity contribution in [3.05, 3.63) is 0 Å². The summed E-state index contributed by atoms with van der Waals surface area (Å²) in [7, 11) is -2.92. The van der Waals surface area contributed by atoms with Crippen LogP contribution in [0.5, 0.6) is 0 Å². The molecule has 2 N–H and O–H groups in total. The molecule has 0 fully saturated rings. The number of aliphatic hydroxyl groups excluding tert-OH is 1. The molecule has 0 heterocycles. The minimum atomic E-state index is -2.92. The molecule has 0 aromatic rings. The zero-order valence-corrected chi connectivity index (χ0v) is 9.26. The Labute approximate surface area is 80.3 Å². The van der Waals surface area contributed by atoms with Crippen LogP contribution < -0.4 is 5.32 Å². The van der Waals surface area contributed by atoms with Crippen molar-refractivity contribution < 1.29 is 13.5 Å². The van der Waals surface area contributed by atoms with Crippen LogP contribution in [-0.2, 0) is 9.84 Å². The second-order valence-electron chi connectivity index (χ2n) is 3.35. The molecular weight excluding hydrogens is 190 g/mol. The van der Waals surface area contributed by atoms with Gasteiger partial charge >= 0.3 is 0 Å². The van der Waals surface area contributed by atoms with Crippen molar-refractivity contribution in [3.63, 3.8) is 0 Å². The van der Waals surface area contributed by atoms with Crippen molar-refractivity contribution in [1.82, 2.24) is 5.32 Å². The minimum absolute atomic E-state index is 0.0243. The molecule has 0 radical (unpaired) electrons. The predicted molar refractivity (Wildman–Crippen MR) is 53.5 cm³/mol. The number of rotatable bonds is 6. The fraction of sp³-hybridized carbons (Fsp3) is 1.00. The summed E-state index contributed by atoms with van der Waals surface area (Å²) in [5, 5.41) is 11.7. The van der Waals surface area contributed by atoms with Gasteiger partial charge in [-0.05, 0) is 13.8 Å². The smallest absolute Gasteiger partial charge is 0.151 e. The van der Waals surface area contributed by atoms with Crippen LogP contribution in [0.4, 0.5) is 0 Å². The van der Waals surface area contributed by atoms with Gasteiger partial charge in [-0.25, -0.2) is 8.42 Å². The average Bonchev–Trinajstić information content (AvgIpc) is 2.03. The van der Waals surface area contributed by atoms with Crippen LogP contribution in [0.25, 0.3) is 0 Å². The standard InChI is InChI=1S/C8H19NO3S/c1-4-13(11,12)6-8(3)9-7(2)5-10/h7-10H,4-6H2,1-3H3/t7-,8?/m1/s1. The third kappa shape index (κ3) is 6.01. The fourth-order valence-corrected chi connectivity index (χ4v) is 2.18. The van der Waals surface area contributed by atoms with Crippen LogP contribution >= 0.6 is 0 Å². The molecule has 0 saturated heterocycles. The number of sulfone groups is 1. The van der Waals surface area contributed by atoms with E-state index in [-0.39, 0.29) is 30.2 Å². The van der Waals surface area contributed by atoms with Gasteiger partial charge in [0.15, 0.2) is 9.84 Å². The van der Waals surface area contributed by atoms with Gasteiger partial charge in [-0.15, -0.1) is 0 Å². The van der Waals surface area contributed by atoms with E-state index in [2.05, 4.69) is 5.32 Å². The predicted octanol–water partition coefficient (Wildman–Crippen LogP) is -0.220. The largest absolute Gasteiger partial charge is 0.395 e. The molecule has 5 heteroatoms. The normalized spacial score (nSPS) is 16.9. The van der Waals surface area contributed by atoms with Crippen molar-refractivity contribution in [1.29, 1.82) is 0 Å². The third-order valence-electron chi connectivity index (χ3n) is 1.79. The van der Waals surface area contributed by atoms with Gasteiger partial charge in [0, 0.05) is 17.8 Å². The Balaban J connectivity index is 3.94. The fourth-order valence-electron chi connectivity index (χ4n) is 1.09. The van der Waals surface area contributed by atoms with E-state index in [9.17, 15) is 8.42 Å². The number of hydrogen-bond acceptors (Lipinski definition) is 4. The molecule has 0 amide bonds. The van der Waals surface area contributed by atoms with Crippen molar-refractivity contribution >= 4 is 9.84 Å². The molecule has 0 rings (SSSR count). The van der Waals surface area contributed by atoms with E-state index in [0.29, 0.717) is 0 Å². The minimum Gasteiger partial charge on any atom is -0.395 e. The summed E-state index contributed by atoms with van der Waals surface area (Å²) in [4.78, 5) is 0. The lowest BCUT2D eigenvalue weighted by atomic mass is 10.3. The Kier molecular flexibility index (Phi) is 5.51. The Morgan fingerprint density at radius 3 is 2.23 bits per heavy atom. The molecular formula is C8H19NO3S. The van der Waals surface area contributed by atoms with Crippen molar-refractivity contribution in [2.45, 2.75) is 32.9 Å². The third-order valence-corrected chi connectivity index (χ3v) is 3.67. The van der Waals surface area contributed by atoms with Gasteiger partial charge in [-0.1, -0.05) is 6.92 Å². The summed E-state index contributed by atoms with van der Waals surface area (Å²) >= 11 is 0.